The quantitative estimate of drug-likeness (QED) is 0.127. The van der Waals surface area contributed by atoms with Gasteiger partial charge in [0.05, 0.1) is 24.0 Å². The molecule has 0 aliphatic carbocycles. The first-order valence-electron chi connectivity index (χ1n) is 18.8. The molecule has 4 rings (SSSR count). The summed E-state index contributed by atoms with van der Waals surface area (Å²) in [5.74, 6) is -4.19. The fourth-order valence-corrected chi connectivity index (χ4v) is 6.54. The minimum Gasteiger partial charge on any atom is -0.481 e. The monoisotopic (exact) mass is 822 g/mol. The minimum absolute atomic E-state index is 0.00741. The van der Waals surface area contributed by atoms with Gasteiger partial charge in [0.2, 0.25) is 0 Å². The second-order valence-corrected chi connectivity index (χ2v) is 16.2. The third-order valence-electron chi connectivity index (χ3n) is 8.87. The molecule has 0 atom stereocenters. The van der Waals surface area contributed by atoms with Crippen molar-refractivity contribution in [2.24, 2.45) is 0 Å². The van der Waals surface area contributed by atoms with Crippen LogP contribution in [0.5, 0.6) is 0 Å². The maximum Gasteiger partial charge on any atom is 0.416 e. The van der Waals surface area contributed by atoms with Crippen molar-refractivity contribution in [2.75, 3.05) is 0 Å². The topological polar surface area (TPSA) is 89.4 Å². The summed E-state index contributed by atoms with van der Waals surface area (Å²) < 4.78 is 115. The first-order valence-corrected chi connectivity index (χ1v) is 18.8. The summed E-state index contributed by atoms with van der Waals surface area (Å²) in [5.41, 5.74) is -0.708. The average Bonchev–Trinajstić information content (AvgIpc) is 3.06. The summed E-state index contributed by atoms with van der Waals surface area (Å²) in [6, 6.07) is 8.81. The van der Waals surface area contributed by atoms with E-state index < -0.39 is 59.1 Å². The highest BCUT2D eigenvalue weighted by atomic mass is 19.4. The predicted octanol–water partition coefficient (Wildman–Crippen LogP) is 12.8. The van der Waals surface area contributed by atoms with Gasteiger partial charge < -0.3 is 9.84 Å². The summed E-state index contributed by atoms with van der Waals surface area (Å²) in [4.78, 5) is 32.4. The van der Waals surface area contributed by atoms with E-state index in [4.69, 9.17) is 4.74 Å². The molecule has 0 unspecified atom stereocenters. The van der Waals surface area contributed by atoms with Gasteiger partial charge in [-0.2, -0.15) is 26.3 Å². The number of halogens is 8. The van der Waals surface area contributed by atoms with Gasteiger partial charge in [-0.3, -0.25) is 9.59 Å². The van der Waals surface area contributed by atoms with E-state index in [1.807, 2.05) is 13.8 Å². The molecule has 0 spiro atoms. The number of carbonyl (C=O) groups excluding carboxylic acids is 1. The highest BCUT2D eigenvalue weighted by Crippen LogP contribution is 2.39. The lowest BCUT2D eigenvalue weighted by atomic mass is 9.88. The van der Waals surface area contributed by atoms with E-state index in [1.165, 1.54) is 24.3 Å². The Morgan fingerprint density at radius 2 is 0.983 bits per heavy atom. The van der Waals surface area contributed by atoms with Gasteiger partial charge in [-0.1, -0.05) is 79.7 Å². The van der Waals surface area contributed by atoms with Crippen LogP contribution in [0.2, 0.25) is 0 Å². The number of esters is 1. The number of benzene rings is 2. The lowest BCUT2D eigenvalue weighted by molar-refractivity contribution is -0.154. The van der Waals surface area contributed by atoms with Gasteiger partial charge in [-0.15, -0.1) is 0 Å². The second kappa shape index (κ2) is 18.4. The normalized spacial score (nSPS) is 12.3. The van der Waals surface area contributed by atoms with Gasteiger partial charge in [0.25, 0.3) is 0 Å². The molecule has 0 amide bonds. The van der Waals surface area contributed by atoms with Crippen molar-refractivity contribution >= 4 is 11.9 Å². The third-order valence-corrected chi connectivity index (χ3v) is 8.87. The number of hydrogen-bond donors (Lipinski definition) is 1. The van der Waals surface area contributed by atoms with Gasteiger partial charge in [0, 0.05) is 22.5 Å². The van der Waals surface area contributed by atoms with Crippen molar-refractivity contribution in [1.29, 1.82) is 0 Å². The molecular weight excluding hydrogens is 772 g/mol. The molecule has 0 saturated heterocycles. The van der Waals surface area contributed by atoms with Crippen molar-refractivity contribution in [3.63, 3.8) is 0 Å². The SMILES string of the molecule is CC(C)c1nc(-c2cccc(C(F)(F)F)c2)c(F)c(C(C)C)c1CC(=O)O.CC(C)c1nc(-c2cccc(C(F)(F)F)c2)c(F)c(C(C)C)c1CC(=O)OC(C)(C)C. The first-order chi connectivity index (χ1) is 26.5. The number of hydrogen-bond acceptors (Lipinski definition) is 5. The molecule has 2 aromatic carbocycles. The Kier molecular flexibility index (Phi) is 15.0. The molecule has 58 heavy (non-hydrogen) atoms. The zero-order valence-electron chi connectivity index (χ0n) is 34.4. The Balaban J connectivity index is 0.000000313. The maximum atomic E-state index is 15.6. The number of aromatic nitrogens is 2. The number of ether oxygens (including phenoxy) is 1. The maximum absolute atomic E-state index is 15.6. The molecule has 0 saturated carbocycles. The van der Waals surface area contributed by atoms with Crippen LogP contribution in [-0.4, -0.2) is 32.6 Å². The molecule has 0 fully saturated rings. The molecule has 0 aliphatic rings. The number of alkyl halides is 6. The molecular formula is C44H50F8N2O4. The fourth-order valence-electron chi connectivity index (χ4n) is 6.54. The van der Waals surface area contributed by atoms with Crippen LogP contribution in [0, 0.1) is 11.6 Å². The van der Waals surface area contributed by atoms with Crippen LogP contribution in [0.25, 0.3) is 22.5 Å². The van der Waals surface area contributed by atoms with E-state index in [0.29, 0.717) is 22.5 Å². The molecule has 316 valence electrons. The molecule has 6 nitrogen and oxygen atoms in total. The lowest BCUT2D eigenvalue weighted by Crippen LogP contribution is -2.26. The number of carbonyl (C=O) groups is 2. The van der Waals surface area contributed by atoms with Gasteiger partial charge in [0.1, 0.15) is 17.0 Å². The molecule has 0 radical (unpaired) electrons. The first kappa shape index (κ1) is 47.5. The predicted molar refractivity (Wildman–Crippen MR) is 207 cm³/mol. The zero-order valence-corrected chi connectivity index (χ0v) is 34.4. The van der Waals surface area contributed by atoms with Crippen molar-refractivity contribution in [3.05, 3.63) is 105 Å². The molecule has 4 aromatic rings. The van der Waals surface area contributed by atoms with Crippen LogP contribution in [0.4, 0.5) is 35.1 Å². The van der Waals surface area contributed by atoms with Gasteiger partial charge in [0.15, 0.2) is 11.6 Å². The van der Waals surface area contributed by atoms with Crippen molar-refractivity contribution in [2.45, 2.75) is 131 Å². The molecule has 0 aliphatic heterocycles. The van der Waals surface area contributed by atoms with Crippen LogP contribution >= 0.6 is 0 Å². The highest BCUT2D eigenvalue weighted by Gasteiger charge is 2.33. The van der Waals surface area contributed by atoms with E-state index in [9.17, 15) is 41.0 Å². The van der Waals surface area contributed by atoms with Gasteiger partial charge in [-0.25, -0.2) is 18.7 Å². The van der Waals surface area contributed by atoms with E-state index in [-0.39, 0.29) is 63.7 Å². The van der Waals surface area contributed by atoms with E-state index in [2.05, 4.69) is 9.97 Å². The number of rotatable bonds is 10. The van der Waals surface area contributed by atoms with Crippen LogP contribution in [0.15, 0.2) is 48.5 Å². The largest absolute Gasteiger partial charge is 0.481 e. The number of pyridine rings is 2. The standard InChI is InChI=1S/C24H29F4NO2.C20H21F4NO2/c1-13(2)19-17(12-18(30)31-23(5,6)7)21(14(3)4)29-22(20(19)25)15-9-8-10-16(11-15)24(26,27)28;1-10(2)16-14(9-15(26)27)18(11(3)4)25-19(17(16)21)12-6-5-7-13(8-12)20(22,23)24/h8-11,13-14H,12H2,1-7H3;5-8,10-11H,9H2,1-4H3,(H,26,27). The Hall–Kier alpha value is -4.88. The molecule has 1 N–H and O–H groups in total. The number of nitrogens with zero attached hydrogens (tertiary/aromatic N) is 2. The van der Waals surface area contributed by atoms with Crippen LogP contribution in [0.1, 0.15) is 145 Å². The highest BCUT2D eigenvalue weighted by molar-refractivity contribution is 5.75. The molecule has 14 heteroatoms. The minimum atomic E-state index is -4.56. The van der Waals surface area contributed by atoms with E-state index >= 15 is 8.78 Å². The Morgan fingerprint density at radius 1 is 0.621 bits per heavy atom. The van der Waals surface area contributed by atoms with Crippen LogP contribution in [-0.2, 0) is 39.5 Å². The summed E-state index contributed by atoms with van der Waals surface area (Å²) >= 11 is 0. The molecule has 2 aromatic heterocycles. The van der Waals surface area contributed by atoms with Crippen molar-refractivity contribution in [3.8, 4) is 22.5 Å². The second-order valence-electron chi connectivity index (χ2n) is 16.2. The number of carboxylic acids is 1. The molecule has 0 bridgehead atoms. The number of carboxylic acid groups (broad SMARTS) is 1. The summed E-state index contributed by atoms with van der Waals surface area (Å²) in [6.07, 6.45) is -9.67. The van der Waals surface area contributed by atoms with E-state index in [0.717, 1.165) is 24.3 Å². The Morgan fingerprint density at radius 3 is 1.28 bits per heavy atom. The zero-order chi connectivity index (χ0) is 44.2. The molecule has 2 heterocycles. The van der Waals surface area contributed by atoms with Gasteiger partial charge >= 0.3 is 24.3 Å². The third kappa shape index (κ3) is 11.8. The lowest BCUT2D eigenvalue weighted by Gasteiger charge is -2.24. The van der Waals surface area contributed by atoms with Gasteiger partial charge in [-0.05, 0) is 91.0 Å². The average molecular weight is 823 g/mol. The Labute approximate surface area is 334 Å². The fraction of sp³-hybridized carbons (Fsp3) is 0.455. The van der Waals surface area contributed by atoms with Crippen LogP contribution < -0.4 is 0 Å². The summed E-state index contributed by atoms with van der Waals surface area (Å²) in [7, 11) is 0. The Bertz CT molecular complexity index is 2110. The smallest absolute Gasteiger partial charge is 0.416 e. The van der Waals surface area contributed by atoms with E-state index in [1.54, 1.807) is 62.3 Å². The van der Waals surface area contributed by atoms with Crippen molar-refractivity contribution in [1.82, 2.24) is 9.97 Å². The summed E-state index contributed by atoms with van der Waals surface area (Å²) in [6.45, 7) is 19.5. The number of aliphatic carboxylic acids is 1. The van der Waals surface area contributed by atoms with Crippen LogP contribution in [0.3, 0.4) is 0 Å². The van der Waals surface area contributed by atoms with Crippen molar-refractivity contribution < 1.29 is 54.6 Å². The summed E-state index contributed by atoms with van der Waals surface area (Å²) in [5, 5.41) is 9.21.